The molecule has 10 heteroatoms. The molecule has 3 amide bonds. The van der Waals surface area contributed by atoms with Crippen LogP contribution >= 0.6 is 0 Å². The molecule has 2 aromatic carbocycles. The first-order valence-electron chi connectivity index (χ1n) is 15.3. The van der Waals surface area contributed by atoms with E-state index in [2.05, 4.69) is 29.8 Å². The summed E-state index contributed by atoms with van der Waals surface area (Å²) in [6, 6.07) is 12.8. The Balaban J connectivity index is 1.89. The number of likely N-dealkylation sites (N-methyl/N-ethyl adjacent to an activating group) is 1. The van der Waals surface area contributed by atoms with Gasteiger partial charge in [0.05, 0.1) is 6.04 Å². The molecular weight excluding hydrogens is 544 g/mol. The van der Waals surface area contributed by atoms with Crippen molar-refractivity contribution in [1.29, 1.82) is 5.41 Å². The first kappa shape index (κ1) is 33.6. The zero-order valence-corrected chi connectivity index (χ0v) is 26.1. The molecular formula is C33H48N6O4. The second-order valence-electron chi connectivity index (χ2n) is 11.6. The number of amides is 3. The Morgan fingerprint density at radius 2 is 1.77 bits per heavy atom. The molecule has 6 N–H and O–H groups in total. The summed E-state index contributed by atoms with van der Waals surface area (Å²) in [6.07, 6.45) is 3.00. The molecule has 0 bridgehead atoms. The van der Waals surface area contributed by atoms with Crippen LogP contribution in [0.4, 0.5) is 0 Å². The number of nitrogens with two attached hydrogens (primary N) is 1. The largest absolute Gasteiger partial charge is 0.489 e. The van der Waals surface area contributed by atoms with E-state index >= 15 is 0 Å². The summed E-state index contributed by atoms with van der Waals surface area (Å²) in [5, 5.41) is 16.9. The fourth-order valence-corrected chi connectivity index (χ4v) is 5.02. The van der Waals surface area contributed by atoms with Crippen molar-refractivity contribution in [3.63, 3.8) is 0 Å². The molecule has 10 nitrogen and oxygen atoms in total. The van der Waals surface area contributed by atoms with Crippen molar-refractivity contribution in [2.75, 3.05) is 20.1 Å². The maximum Gasteiger partial charge on any atom is 0.243 e. The van der Waals surface area contributed by atoms with Crippen molar-refractivity contribution >= 4 is 23.6 Å². The van der Waals surface area contributed by atoms with Gasteiger partial charge >= 0.3 is 0 Å². The molecule has 0 aromatic heterocycles. The van der Waals surface area contributed by atoms with Gasteiger partial charge in [0.1, 0.15) is 29.8 Å². The van der Waals surface area contributed by atoms with E-state index in [-0.39, 0.29) is 30.2 Å². The first-order valence-corrected chi connectivity index (χ1v) is 15.3. The number of hydrogen-bond donors (Lipinski definition) is 5. The number of nitrogens with zero attached hydrogens (tertiary/aromatic N) is 1. The SMILES string of the molecule is CCC(C)C[C@@H]1NC[C@@H](C)Oc2ccccc2CCCNC(=O)[C@@H](Cc2ccc(C(=N)N)cc2)NC(=O)[C@@H](C)N(C)C1=O. The molecule has 234 valence electrons. The number of ether oxygens (including phenoxy) is 1. The number of carbonyl (C=O) groups excluding carboxylic acids is 3. The predicted octanol–water partition coefficient (Wildman–Crippen LogP) is 2.77. The molecule has 0 spiro atoms. The molecule has 0 saturated heterocycles. The summed E-state index contributed by atoms with van der Waals surface area (Å²) < 4.78 is 6.29. The van der Waals surface area contributed by atoms with Crippen molar-refractivity contribution in [3.8, 4) is 5.75 Å². The highest BCUT2D eigenvalue weighted by molar-refractivity contribution is 5.95. The number of hydrogen-bond acceptors (Lipinski definition) is 6. The van der Waals surface area contributed by atoms with Gasteiger partial charge in [0, 0.05) is 32.1 Å². The number of rotatable bonds is 6. The Labute approximate surface area is 255 Å². The van der Waals surface area contributed by atoms with Gasteiger partial charge in [-0.05, 0) is 56.2 Å². The zero-order chi connectivity index (χ0) is 31.5. The summed E-state index contributed by atoms with van der Waals surface area (Å²) in [7, 11) is 1.63. The lowest BCUT2D eigenvalue weighted by molar-refractivity contribution is -0.141. The smallest absolute Gasteiger partial charge is 0.243 e. The molecule has 0 fully saturated rings. The van der Waals surface area contributed by atoms with E-state index < -0.39 is 24.0 Å². The lowest BCUT2D eigenvalue weighted by Crippen LogP contribution is -2.56. The van der Waals surface area contributed by atoms with E-state index in [0.29, 0.717) is 43.8 Å². The topological polar surface area (TPSA) is 150 Å². The van der Waals surface area contributed by atoms with Crippen LogP contribution in [-0.2, 0) is 27.2 Å². The molecule has 1 heterocycles. The van der Waals surface area contributed by atoms with Crippen molar-refractivity contribution in [2.24, 2.45) is 11.7 Å². The van der Waals surface area contributed by atoms with E-state index in [0.717, 1.165) is 23.3 Å². The second-order valence-corrected chi connectivity index (χ2v) is 11.6. The number of carbonyl (C=O) groups is 3. The number of amidine groups is 1. The Morgan fingerprint density at radius 3 is 2.44 bits per heavy atom. The van der Waals surface area contributed by atoms with Crippen LogP contribution in [0.1, 0.15) is 63.6 Å². The summed E-state index contributed by atoms with van der Waals surface area (Å²) in [6.45, 7) is 8.74. The van der Waals surface area contributed by atoms with Crippen molar-refractivity contribution in [2.45, 2.75) is 84.0 Å². The minimum absolute atomic E-state index is 0.0436. The number of nitrogen functional groups attached to an aromatic ring is 1. The molecule has 1 aliphatic rings. The predicted molar refractivity (Wildman–Crippen MR) is 169 cm³/mol. The fourth-order valence-electron chi connectivity index (χ4n) is 5.02. The highest BCUT2D eigenvalue weighted by atomic mass is 16.5. The summed E-state index contributed by atoms with van der Waals surface area (Å²) in [5.74, 6) is 0.150. The van der Waals surface area contributed by atoms with Gasteiger partial charge in [-0.3, -0.25) is 19.8 Å². The molecule has 0 aliphatic carbocycles. The Kier molecular flexibility index (Phi) is 12.5. The first-order chi connectivity index (χ1) is 20.5. The standard InChI is InChI=1S/C33H48N6O4/c1-6-21(2)18-28-33(42)39(5)23(4)31(40)38-27(19-24-13-15-26(16-14-24)30(34)35)32(41)36-17-9-11-25-10-7-8-12-29(25)43-22(3)20-37-28/h7-8,10,12-16,21-23,27-28,37H,6,9,11,17-20H2,1-5H3,(H3,34,35)(H,36,41)(H,38,40)/t21?,22-,23-,27-,28+/m1/s1. The maximum absolute atomic E-state index is 13.7. The molecule has 0 radical (unpaired) electrons. The molecule has 0 saturated carbocycles. The third-order valence-corrected chi connectivity index (χ3v) is 8.15. The normalized spacial score (nSPS) is 23.6. The van der Waals surface area contributed by atoms with Crippen molar-refractivity contribution < 1.29 is 19.1 Å². The molecule has 43 heavy (non-hydrogen) atoms. The summed E-state index contributed by atoms with van der Waals surface area (Å²) in [4.78, 5) is 42.0. The van der Waals surface area contributed by atoms with E-state index in [1.54, 1.807) is 38.2 Å². The third-order valence-electron chi connectivity index (χ3n) is 8.15. The molecule has 2 aromatic rings. The lowest BCUT2D eigenvalue weighted by Gasteiger charge is -2.31. The summed E-state index contributed by atoms with van der Waals surface area (Å²) in [5.41, 5.74) is 8.02. The maximum atomic E-state index is 13.7. The van der Waals surface area contributed by atoms with E-state index in [1.807, 2.05) is 31.2 Å². The Hall–Kier alpha value is -3.92. The zero-order valence-electron chi connectivity index (χ0n) is 26.1. The van der Waals surface area contributed by atoms with Crippen LogP contribution in [0.3, 0.4) is 0 Å². The van der Waals surface area contributed by atoms with Gasteiger partial charge < -0.3 is 31.3 Å². The highest BCUT2D eigenvalue weighted by Gasteiger charge is 2.31. The van der Waals surface area contributed by atoms with E-state index in [9.17, 15) is 14.4 Å². The van der Waals surface area contributed by atoms with Crippen molar-refractivity contribution in [1.82, 2.24) is 20.9 Å². The molecule has 1 unspecified atom stereocenters. The monoisotopic (exact) mass is 592 g/mol. The Bertz CT molecular complexity index is 1250. The van der Waals surface area contributed by atoms with Crippen LogP contribution in [0.15, 0.2) is 48.5 Å². The van der Waals surface area contributed by atoms with Gasteiger partial charge in [0.2, 0.25) is 17.7 Å². The van der Waals surface area contributed by atoms with Crippen LogP contribution in [0.25, 0.3) is 0 Å². The molecule has 1 aliphatic heterocycles. The van der Waals surface area contributed by atoms with Crippen LogP contribution in [0.5, 0.6) is 5.75 Å². The van der Waals surface area contributed by atoms with Gasteiger partial charge in [0.15, 0.2) is 0 Å². The third kappa shape index (κ3) is 9.81. The van der Waals surface area contributed by atoms with Gasteiger partial charge in [-0.2, -0.15) is 0 Å². The number of aryl methyl sites for hydroxylation is 1. The van der Waals surface area contributed by atoms with Crippen LogP contribution in [0, 0.1) is 11.3 Å². The minimum Gasteiger partial charge on any atom is -0.489 e. The highest BCUT2D eigenvalue weighted by Crippen LogP contribution is 2.21. The number of benzene rings is 2. The lowest BCUT2D eigenvalue weighted by atomic mass is 9.97. The van der Waals surface area contributed by atoms with Gasteiger partial charge in [0.25, 0.3) is 0 Å². The van der Waals surface area contributed by atoms with Gasteiger partial charge in [-0.1, -0.05) is 62.7 Å². The van der Waals surface area contributed by atoms with Crippen LogP contribution in [0.2, 0.25) is 0 Å². The molecule has 3 rings (SSSR count). The van der Waals surface area contributed by atoms with E-state index in [1.165, 1.54) is 4.90 Å². The van der Waals surface area contributed by atoms with E-state index in [4.69, 9.17) is 15.9 Å². The minimum atomic E-state index is -0.856. The summed E-state index contributed by atoms with van der Waals surface area (Å²) >= 11 is 0. The van der Waals surface area contributed by atoms with Crippen molar-refractivity contribution in [3.05, 3.63) is 65.2 Å². The number of para-hydroxylation sites is 1. The average molecular weight is 593 g/mol. The molecule has 5 atom stereocenters. The number of fused-ring (bicyclic) bond motifs is 1. The quantitative estimate of drug-likeness (QED) is 0.257. The van der Waals surface area contributed by atoms with Crippen LogP contribution < -0.4 is 26.4 Å². The second kappa shape index (κ2) is 16.1. The average Bonchev–Trinajstić information content (AvgIpc) is 3.00. The van der Waals surface area contributed by atoms with Crippen LogP contribution in [-0.4, -0.2) is 72.8 Å². The number of nitrogens with one attached hydrogen (secondary N) is 4. The van der Waals surface area contributed by atoms with Gasteiger partial charge in [-0.15, -0.1) is 0 Å². The van der Waals surface area contributed by atoms with Gasteiger partial charge in [-0.25, -0.2) is 0 Å². The fraction of sp³-hybridized carbons (Fsp3) is 0.515. The Morgan fingerprint density at radius 1 is 1.07 bits per heavy atom.